The number of carbonyl (C=O) groups excluding carboxylic acids is 2. The zero-order valence-corrected chi connectivity index (χ0v) is 19.1. The number of rotatable bonds is 6. The van der Waals surface area contributed by atoms with Crippen molar-refractivity contribution in [2.45, 2.75) is 26.3 Å². The SMILES string of the molecule is CCc1ccc2c(c1)c(C1=CC=CCC1=O)c(C(=O)NS(C)(=O)=O)n2Cc1ccnc(N)c1. The van der Waals surface area contributed by atoms with Crippen molar-refractivity contribution in [3.63, 3.8) is 0 Å². The topological polar surface area (TPSA) is 124 Å². The van der Waals surface area contributed by atoms with Crippen LogP contribution < -0.4 is 10.5 Å². The van der Waals surface area contributed by atoms with Gasteiger partial charge in [0, 0.05) is 41.2 Å². The number of Topliss-reactive ketones (excluding diaryl/α,β-unsaturated/α-hetero) is 1. The van der Waals surface area contributed by atoms with E-state index in [2.05, 4.69) is 9.71 Å². The van der Waals surface area contributed by atoms with Crippen molar-refractivity contribution in [2.24, 2.45) is 0 Å². The van der Waals surface area contributed by atoms with Crippen LogP contribution in [-0.4, -0.2) is 35.9 Å². The molecule has 0 bridgehead atoms. The molecule has 0 atom stereocenters. The summed E-state index contributed by atoms with van der Waals surface area (Å²) in [5, 5.41) is 0.713. The first-order chi connectivity index (χ1) is 15.7. The third-order valence-electron chi connectivity index (χ3n) is 5.49. The van der Waals surface area contributed by atoms with Gasteiger partial charge in [0.05, 0.1) is 6.26 Å². The van der Waals surface area contributed by atoms with Gasteiger partial charge in [0.15, 0.2) is 5.78 Å². The van der Waals surface area contributed by atoms with Crippen LogP contribution in [0.1, 0.15) is 40.5 Å². The average Bonchev–Trinajstić information content (AvgIpc) is 3.06. The van der Waals surface area contributed by atoms with E-state index < -0.39 is 15.9 Å². The monoisotopic (exact) mass is 464 g/mol. The number of aromatic nitrogens is 2. The van der Waals surface area contributed by atoms with Crippen molar-refractivity contribution < 1.29 is 18.0 Å². The number of nitrogen functional groups attached to an aromatic ring is 1. The minimum absolute atomic E-state index is 0.106. The Kier molecular flexibility index (Phi) is 5.90. The van der Waals surface area contributed by atoms with Gasteiger partial charge in [-0.2, -0.15) is 0 Å². The fraction of sp³-hybridized carbons (Fsp3) is 0.208. The first-order valence-electron chi connectivity index (χ1n) is 10.5. The summed E-state index contributed by atoms with van der Waals surface area (Å²) in [6.07, 6.45) is 8.65. The predicted octanol–water partition coefficient (Wildman–Crippen LogP) is 2.83. The average molecular weight is 465 g/mol. The third-order valence-corrected chi connectivity index (χ3v) is 6.04. The Hall–Kier alpha value is -3.72. The van der Waals surface area contributed by atoms with Gasteiger partial charge in [-0.3, -0.25) is 9.59 Å². The lowest BCUT2D eigenvalue weighted by Crippen LogP contribution is -2.32. The standard InChI is InChI=1S/C24H24N4O4S/c1-3-15-8-9-19-18(12-15)22(17-6-4-5-7-20(17)29)23(24(30)27-33(2,31)32)28(19)14-16-10-11-26-21(25)13-16/h4-6,8-13H,3,7,14H2,1-2H3,(H2,25,26)(H,27,30). The lowest BCUT2D eigenvalue weighted by molar-refractivity contribution is -0.113. The lowest BCUT2D eigenvalue weighted by atomic mass is 9.93. The molecule has 0 unspecified atom stereocenters. The minimum Gasteiger partial charge on any atom is -0.384 e. The number of pyridine rings is 1. The Balaban J connectivity index is 2.06. The summed E-state index contributed by atoms with van der Waals surface area (Å²) in [6.45, 7) is 2.25. The number of nitrogens with zero attached hydrogens (tertiary/aromatic N) is 2. The molecule has 1 amide bonds. The van der Waals surface area contributed by atoms with Crippen molar-refractivity contribution in [3.05, 3.63) is 77.1 Å². The van der Waals surface area contributed by atoms with E-state index in [9.17, 15) is 18.0 Å². The molecule has 0 fully saturated rings. The maximum atomic E-state index is 13.3. The number of anilines is 1. The maximum Gasteiger partial charge on any atom is 0.282 e. The Morgan fingerprint density at radius 3 is 2.67 bits per heavy atom. The predicted molar refractivity (Wildman–Crippen MR) is 128 cm³/mol. The lowest BCUT2D eigenvalue weighted by Gasteiger charge is -2.14. The molecule has 1 aliphatic rings. The van der Waals surface area contributed by atoms with Crippen LogP contribution in [0.5, 0.6) is 0 Å². The van der Waals surface area contributed by atoms with Crippen LogP contribution in [0.15, 0.2) is 54.8 Å². The molecule has 0 saturated carbocycles. The number of nitrogens with two attached hydrogens (primary N) is 1. The highest BCUT2D eigenvalue weighted by atomic mass is 32.2. The molecule has 3 N–H and O–H groups in total. The van der Waals surface area contributed by atoms with E-state index in [0.717, 1.165) is 23.8 Å². The van der Waals surface area contributed by atoms with Gasteiger partial charge in [0.2, 0.25) is 10.0 Å². The fourth-order valence-corrected chi connectivity index (χ4v) is 4.49. The summed E-state index contributed by atoms with van der Waals surface area (Å²) in [5.41, 5.74) is 9.27. The summed E-state index contributed by atoms with van der Waals surface area (Å²) >= 11 is 0. The van der Waals surface area contributed by atoms with Crippen LogP contribution in [0.2, 0.25) is 0 Å². The number of nitrogens with one attached hydrogen (secondary N) is 1. The molecule has 0 saturated heterocycles. The van der Waals surface area contributed by atoms with Crippen LogP contribution in [0.4, 0.5) is 5.82 Å². The molecule has 8 nitrogen and oxygen atoms in total. The molecular formula is C24H24N4O4S. The first kappa shape index (κ1) is 22.5. The number of allylic oxidation sites excluding steroid dienone is 4. The number of benzene rings is 1. The fourth-order valence-electron chi connectivity index (χ4n) is 4.05. The van der Waals surface area contributed by atoms with Gasteiger partial charge in [-0.15, -0.1) is 0 Å². The summed E-state index contributed by atoms with van der Waals surface area (Å²) in [7, 11) is -3.84. The molecule has 0 spiro atoms. The van der Waals surface area contributed by atoms with Crippen LogP contribution in [0.25, 0.3) is 16.5 Å². The zero-order valence-electron chi connectivity index (χ0n) is 18.3. The molecule has 0 aliphatic heterocycles. The van der Waals surface area contributed by atoms with E-state index in [1.165, 1.54) is 0 Å². The Morgan fingerprint density at radius 2 is 2.00 bits per heavy atom. The summed E-state index contributed by atoms with van der Waals surface area (Å²) in [4.78, 5) is 30.2. The van der Waals surface area contributed by atoms with E-state index in [1.807, 2.05) is 25.1 Å². The molecule has 33 heavy (non-hydrogen) atoms. The van der Waals surface area contributed by atoms with Gasteiger partial charge in [0.25, 0.3) is 5.91 Å². The van der Waals surface area contributed by atoms with Crippen molar-refractivity contribution in [3.8, 4) is 0 Å². The second-order valence-electron chi connectivity index (χ2n) is 7.94. The third kappa shape index (κ3) is 4.58. The van der Waals surface area contributed by atoms with E-state index >= 15 is 0 Å². The number of sulfonamides is 1. The van der Waals surface area contributed by atoms with E-state index in [4.69, 9.17) is 5.73 Å². The van der Waals surface area contributed by atoms with E-state index in [-0.39, 0.29) is 24.4 Å². The van der Waals surface area contributed by atoms with Crippen LogP contribution in [-0.2, 0) is 27.8 Å². The Bertz CT molecular complexity index is 1450. The second kappa shape index (κ2) is 8.67. The van der Waals surface area contributed by atoms with Gasteiger partial charge >= 0.3 is 0 Å². The first-order valence-corrected chi connectivity index (χ1v) is 12.3. The number of aryl methyl sites for hydroxylation is 1. The quantitative estimate of drug-likeness (QED) is 0.578. The largest absolute Gasteiger partial charge is 0.384 e. The van der Waals surface area contributed by atoms with Crippen LogP contribution in [0, 0.1) is 0 Å². The Morgan fingerprint density at radius 1 is 1.21 bits per heavy atom. The molecule has 1 aliphatic carbocycles. The molecule has 2 aromatic heterocycles. The molecule has 170 valence electrons. The van der Waals surface area contributed by atoms with Gasteiger partial charge < -0.3 is 10.3 Å². The molecule has 9 heteroatoms. The number of hydrogen-bond donors (Lipinski definition) is 2. The number of ketones is 1. The zero-order chi connectivity index (χ0) is 23.8. The molecule has 4 rings (SSSR count). The number of fused-ring (bicyclic) bond motifs is 1. The summed E-state index contributed by atoms with van der Waals surface area (Å²) in [6, 6.07) is 9.26. The van der Waals surface area contributed by atoms with Crippen molar-refractivity contribution in [1.82, 2.24) is 14.3 Å². The van der Waals surface area contributed by atoms with E-state index in [0.29, 0.717) is 27.9 Å². The van der Waals surface area contributed by atoms with Gasteiger partial charge in [-0.25, -0.2) is 18.1 Å². The molecule has 0 radical (unpaired) electrons. The maximum absolute atomic E-state index is 13.3. The highest BCUT2D eigenvalue weighted by Crippen LogP contribution is 2.35. The summed E-state index contributed by atoms with van der Waals surface area (Å²) < 4.78 is 27.7. The number of carbonyl (C=O) groups is 2. The second-order valence-corrected chi connectivity index (χ2v) is 9.69. The van der Waals surface area contributed by atoms with Gasteiger partial charge in [-0.05, 0) is 41.8 Å². The normalized spacial score (nSPS) is 13.9. The Labute approximate surface area is 191 Å². The minimum atomic E-state index is -3.84. The number of amides is 1. The molecular weight excluding hydrogens is 440 g/mol. The van der Waals surface area contributed by atoms with Crippen LogP contribution >= 0.6 is 0 Å². The molecule has 2 heterocycles. The highest BCUT2D eigenvalue weighted by molar-refractivity contribution is 7.89. The van der Waals surface area contributed by atoms with Crippen molar-refractivity contribution in [1.29, 1.82) is 0 Å². The smallest absolute Gasteiger partial charge is 0.282 e. The molecule has 1 aromatic carbocycles. The van der Waals surface area contributed by atoms with Crippen LogP contribution in [0.3, 0.4) is 0 Å². The van der Waals surface area contributed by atoms with Crippen molar-refractivity contribution in [2.75, 3.05) is 12.0 Å². The van der Waals surface area contributed by atoms with Gasteiger partial charge in [-0.1, -0.05) is 31.2 Å². The summed E-state index contributed by atoms with van der Waals surface area (Å²) in [5.74, 6) is -0.609. The van der Waals surface area contributed by atoms with E-state index in [1.54, 1.807) is 41.1 Å². The number of hydrogen-bond acceptors (Lipinski definition) is 6. The highest BCUT2D eigenvalue weighted by Gasteiger charge is 2.29. The van der Waals surface area contributed by atoms with Crippen molar-refractivity contribution >= 4 is 44.0 Å². The van der Waals surface area contributed by atoms with Gasteiger partial charge in [0.1, 0.15) is 11.5 Å². The molecule has 3 aromatic rings.